The van der Waals surface area contributed by atoms with Crippen molar-refractivity contribution in [1.29, 1.82) is 0 Å². The smallest absolute Gasteiger partial charge is 0.277 e. The molecular formula is C18H23FN2O2. The summed E-state index contributed by atoms with van der Waals surface area (Å²) in [5.41, 5.74) is 3.96. The molecule has 1 aromatic carbocycles. The first-order valence-electron chi connectivity index (χ1n) is 8.07. The fourth-order valence-corrected chi connectivity index (χ4v) is 3.97. The molecule has 2 aliphatic carbocycles. The lowest BCUT2D eigenvalue weighted by atomic mass is 9.70. The van der Waals surface area contributed by atoms with E-state index < -0.39 is 0 Å². The summed E-state index contributed by atoms with van der Waals surface area (Å²) in [5, 5.41) is 4.37. The predicted octanol–water partition coefficient (Wildman–Crippen LogP) is 3.52. The Hall–Kier alpha value is -1.91. The minimum Gasteiger partial charge on any atom is -0.484 e. The predicted molar refractivity (Wildman–Crippen MR) is 86.7 cm³/mol. The van der Waals surface area contributed by atoms with Crippen molar-refractivity contribution in [2.45, 2.75) is 40.0 Å². The van der Waals surface area contributed by atoms with E-state index in [1.54, 1.807) is 12.1 Å². The maximum atomic E-state index is 13.0. The van der Waals surface area contributed by atoms with Crippen molar-refractivity contribution in [3.63, 3.8) is 0 Å². The fraction of sp³-hybridized carbons (Fsp3) is 0.556. The number of ether oxygens (including phenoxy) is 1. The molecule has 4 nitrogen and oxygen atoms in total. The van der Waals surface area contributed by atoms with Crippen molar-refractivity contribution in [3.8, 4) is 5.75 Å². The molecule has 5 heteroatoms. The number of nitrogens with zero attached hydrogens (tertiary/aromatic N) is 1. The van der Waals surface area contributed by atoms with Gasteiger partial charge >= 0.3 is 0 Å². The van der Waals surface area contributed by atoms with E-state index in [0.717, 1.165) is 18.6 Å². The minimum atomic E-state index is -0.389. The van der Waals surface area contributed by atoms with E-state index in [-0.39, 0.29) is 29.2 Å². The summed E-state index contributed by atoms with van der Waals surface area (Å²) >= 11 is 0. The molecule has 0 heterocycles. The summed E-state index contributed by atoms with van der Waals surface area (Å²) in [6.07, 6.45) is 3.31. The number of hydrogen-bond donors (Lipinski definition) is 1. The van der Waals surface area contributed by atoms with Crippen molar-refractivity contribution in [3.05, 3.63) is 30.1 Å². The molecule has 1 aromatic rings. The van der Waals surface area contributed by atoms with Gasteiger partial charge in [0.15, 0.2) is 6.61 Å². The van der Waals surface area contributed by atoms with Gasteiger partial charge in [0.05, 0.1) is 0 Å². The Morgan fingerprint density at radius 3 is 2.83 bits per heavy atom. The molecule has 2 unspecified atom stereocenters. The Bertz CT molecular complexity index is 656. The maximum Gasteiger partial charge on any atom is 0.277 e. The molecule has 1 amide bonds. The van der Waals surface area contributed by atoms with Gasteiger partial charge < -0.3 is 4.74 Å². The zero-order valence-electron chi connectivity index (χ0n) is 13.9. The summed E-state index contributed by atoms with van der Waals surface area (Å²) in [6, 6.07) is 5.73. The Balaban J connectivity index is 1.57. The molecule has 124 valence electrons. The Labute approximate surface area is 136 Å². The van der Waals surface area contributed by atoms with Crippen LogP contribution in [-0.2, 0) is 4.79 Å². The number of carbonyl (C=O) groups is 1. The highest BCUT2D eigenvalue weighted by molar-refractivity contribution is 5.95. The van der Waals surface area contributed by atoms with E-state index >= 15 is 0 Å². The monoisotopic (exact) mass is 318 g/mol. The van der Waals surface area contributed by atoms with Crippen LogP contribution in [0.2, 0.25) is 0 Å². The van der Waals surface area contributed by atoms with Gasteiger partial charge in [0.25, 0.3) is 5.91 Å². The van der Waals surface area contributed by atoms with Gasteiger partial charge in [-0.2, -0.15) is 5.10 Å². The molecule has 2 fully saturated rings. The first-order chi connectivity index (χ1) is 10.8. The van der Waals surface area contributed by atoms with Crippen molar-refractivity contribution in [2.24, 2.45) is 21.8 Å². The quantitative estimate of drug-likeness (QED) is 0.864. The van der Waals surface area contributed by atoms with Crippen LogP contribution in [0.5, 0.6) is 5.75 Å². The molecule has 0 radical (unpaired) electrons. The van der Waals surface area contributed by atoms with E-state index in [1.165, 1.54) is 18.6 Å². The molecule has 1 N–H and O–H groups in total. The topological polar surface area (TPSA) is 50.7 Å². The Morgan fingerprint density at radius 1 is 1.43 bits per heavy atom. The van der Waals surface area contributed by atoms with Gasteiger partial charge in [-0.15, -0.1) is 0 Å². The van der Waals surface area contributed by atoms with Crippen LogP contribution in [-0.4, -0.2) is 18.2 Å². The Morgan fingerprint density at radius 2 is 2.22 bits per heavy atom. The lowest BCUT2D eigenvalue weighted by molar-refractivity contribution is -0.123. The third-order valence-electron chi connectivity index (χ3n) is 5.99. The van der Waals surface area contributed by atoms with Crippen molar-refractivity contribution in [1.82, 2.24) is 5.43 Å². The third-order valence-corrected chi connectivity index (χ3v) is 5.99. The zero-order valence-corrected chi connectivity index (χ0v) is 13.9. The highest BCUT2D eigenvalue weighted by Gasteiger charge is 2.59. The normalized spacial score (nSPS) is 29.7. The minimum absolute atomic E-state index is 0.0639. The SMILES string of the molecule is CC12CCC(C/C1=N\NC(=O)COc1cccc(F)c1)C2(C)C. The fourth-order valence-electron chi connectivity index (χ4n) is 3.97. The van der Waals surface area contributed by atoms with Crippen LogP contribution >= 0.6 is 0 Å². The molecule has 0 aromatic heterocycles. The summed E-state index contributed by atoms with van der Waals surface area (Å²) in [4.78, 5) is 11.9. The van der Waals surface area contributed by atoms with Crippen LogP contribution in [0.4, 0.5) is 4.39 Å². The van der Waals surface area contributed by atoms with Crippen LogP contribution in [0.1, 0.15) is 40.0 Å². The van der Waals surface area contributed by atoms with E-state index in [2.05, 4.69) is 31.3 Å². The molecule has 0 aliphatic heterocycles. The number of fused-ring (bicyclic) bond motifs is 2. The van der Waals surface area contributed by atoms with Gasteiger partial charge in [-0.05, 0) is 42.7 Å². The van der Waals surface area contributed by atoms with Crippen molar-refractivity contribution in [2.75, 3.05) is 6.61 Å². The van der Waals surface area contributed by atoms with E-state index in [1.807, 2.05) is 0 Å². The summed E-state index contributed by atoms with van der Waals surface area (Å²) < 4.78 is 18.3. The number of amides is 1. The largest absolute Gasteiger partial charge is 0.484 e. The van der Waals surface area contributed by atoms with Gasteiger partial charge in [0, 0.05) is 17.2 Å². The van der Waals surface area contributed by atoms with Gasteiger partial charge in [0.1, 0.15) is 11.6 Å². The number of halogens is 1. The van der Waals surface area contributed by atoms with Crippen molar-refractivity contribution >= 4 is 11.6 Å². The van der Waals surface area contributed by atoms with E-state index in [9.17, 15) is 9.18 Å². The molecule has 0 spiro atoms. The van der Waals surface area contributed by atoms with Gasteiger partial charge in [-0.1, -0.05) is 26.8 Å². The number of carbonyl (C=O) groups excluding carboxylic acids is 1. The number of hydrazone groups is 1. The number of hydrogen-bond acceptors (Lipinski definition) is 3. The molecule has 0 saturated heterocycles. The summed E-state index contributed by atoms with van der Waals surface area (Å²) in [6.45, 7) is 6.65. The van der Waals surface area contributed by atoms with Crippen molar-refractivity contribution < 1.29 is 13.9 Å². The first kappa shape index (κ1) is 16.0. The van der Waals surface area contributed by atoms with Gasteiger partial charge in [0.2, 0.25) is 0 Å². The molecule has 2 aliphatic rings. The van der Waals surface area contributed by atoms with Crippen LogP contribution in [0, 0.1) is 22.6 Å². The van der Waals surface area contributed by atoms with Crippen LogP contribution in [0.3, 0.4) is 0 Å². The lowest BCUT2D eigenvalue weighted by Gasteiger charge is -2.34. The second-order valence-corrected chi connectivity index (χ2v) is 7.33. The van der Waals surface area contributed by atoms with Gasteiger partial charge in [-0.3, -0.25) is 4.79 Å². The lowest BCUT2D eigenvalue weighted by Crippen LogP contribution is -2.35. The standard InChI is InChI=1S/C18H23FN2O2/c1-17(2)12-7-8-18(17,3)15(9-12)20-21-16(22)11-23-14-6-4-5-13(19)10-14/h4-6,10,12H,7-9,11H2,1-3H3,(H,21,22)/b20-15+. The maximum absolute atomic E-state index is 13.0. The third kappa shape index (κ3) is 2.73. The second kappa shape index (κ2) is 5.62. The van der Waals surface area contributed by atoms with Crippen LogP contribution < -0.4 is 10.2 Å². The summed E-state index contributed by atoms with van der Waals surface area (Å²) in [7, 11) is 0. The van der Waals surface area contributed by atoms with Gasteiger partial charge in [-0.25, -0.2) is 9.82 Å². The second-order valence-electron chi connectivity index (χ2n) is 7.33. The van der Waals surface area contributed by atoms with Crippen LogP contribution in [0.25, 0.3) is 0 Å². The molecule has 23 heavy (non-hydrogen) atoms. The molecule has 2 atom stereocenters. The average molecular weight is 318 g/mol. The molecule has 2 bridgehead atoms. The number of rotatable bonds is 4. The first-order valence-corrected chi connectivity index (χ1v) is 8.07. The summed E-state index contributed by atoms with van der Waals surface area (Å²) in [5.74, 6) is 0.263. The number of nitrogens with one attached hydrogen (secondary N) is 1. The number of benzene rings is 1. The van der Waals surface area contributed by atoms with E-state index in [0.29, 0.717) is 11.7 Å². The molecular weight excluding hydrogens is 295 g/mol. The average Bonchev–Trinajstić information content (AvgIpc) is 2.84. The van der Waals surface area contributed by atoms with E-state index in [4.69, 9.17) is 4.74 Å². The Kier molecular flexibility index (Phi) is 3.90. The molecule has 3 rings (SSSR count). The van der Waals surface area contributed by atoms with Crippen LogP contribution in [0.15, 0.2) is 29.4 Å². The zero-order chi connectivity index (χ0) is 16.7. The highest BCUT2D eigenvalue weighted by atomic mass is 19.1. The molecule has 2 saturated carbocycles. The highest BCUT2D eigenvalue weighted by Crippen LogP contribution is 2.63.